The molecule has 120 valence electrons. The van der Waals surface area contributed by atoms with Gasteiger partial charge in [-0.2, -0.15) is 4.98 Å². The lowest BCUT2D eigenvalue weighted by Crippen LogP contribution is -2.22. The Labute approximate surface area is 136 Å². The molecule has 23 heavy (non-hydrogen) atoms. The molecule has 1 atom stereocenters. The van der Waals surface area contributed by atoms with Crippen molar-refractivity contribution in [1.29, 1.82) is 0 Å². The molecule has 0 aliphatic carbocycles. The van der Waals surface area contributed by atoms with E-state index in [2.05, 4.69) is 10.1 Å². The van der Waals surface area contributed by atoms with Crippen molar-refractivity contribution in [3.63, 3.8) is 0 Å². The summed E-state index contributed by atoms with van der Waals surface area (Å²) in [5, 5.41) is 5.90. The molecule has 2 aromatic heterocycles. The predicted octanol–water partition coefficient (Wildman–Crippen LogP) is 4.27. The maximum absolute atomic E-state index is 13.4. The minimum absolute atomic E-state index is 0.123. The van der Waals surface area contributed by atoms with Gasteiger partial charge in [0.2, 0.25) is 11.7 Å². The first kappa shape index (κ1) is 15.8. The monoisotopic (exact) mass is 335 g/mol. The molecular formula is C16H15F2N3OS. The van der Waals surface area contributed by atoms with E-state index in [4.69, 9.17) is 4.52 Å². The summed E-state index contributed by atoms with van der Waals surface area (Å²) < 4.78 is 31.6. The van der Waals surface area contributed by atoms with Crippen molar-refractivity contribution < 1.29 is 13.3 Å². The van der Waals surface area contributed by atoms with Gasteiger partial charge in [-0.3, -0.25) is 4.90 Å². The van der Waals surface area contributed by atoms with Gasteiger partial charge in [-0.15, -0.1) is 11.3 Å². The van der Waals surface area contributed by atoms with Gasteiger partial charge in [0.15, 0.2) is 11.6 Å². The zero-order chi connectivity index (χ0) is 16.4. The van der Waals surface area contributed by atoms with Crippen LogP contribution in [-0.2, 0) is 6.54 Å². The molecule has 0 saturated heterocycles. The normalized spacial score (nSPS) is 12.7. The topological polar surface area (TPSA) is 42.2 Å². The van der Waals surface area contributed by atoms with E-state index in [1.807, 2.05) is 36.4 Å². The van der Waals surface area contributed by atoms with Crippen LogP contribution >= 0.6 is 11.3 Å². The van der Waals surface area contributed by atoms with E-state index in [0.29, 0.717) is 23.8 Å². The maximum Gasteiger partial charge on any atom is 0.241 e. The number of thiophene rings is 1. The molecule has 0 spiro atoms. The molecule has 3 rings (SSSR count). The molecule has 0 unspecified atom stereocenters. The van der Waals surface area contributed by atoms with Gasteiger partial charge in [0.1, 0.15) is 0 Å². The summed E-state index contributed by atoms with van der Waals surface area (Å²) in [6.45, 7) is 2.32. The Morgan fingerprint density at radius 1 is 1.26 bits per heavy atom. The highest BCUT2D eigenvalue weighted by molar-refractivity contribution is 7.13. The fourth-order valence-corrected chi connectivity index (χ4v) is 2.85. The Hall–Kier alpha value is -2.12. The zero-order valence-corrected chi connectivity index (χ0v) is 13.5. The van der Waals surface area contributed by atoms with Crippen LogP contribution in [-0.4, -0.2) is 22.1 Å². The molecule has 0 amide bonds. The van der Waals surface area contributed by atoms with Gasteiger partial charge < -0.3 is 4.52 Å². The third-order valence-electron chi connectivity index (χ3n) is 3.68. The number of rotatable bonds is 5. The summed E-state index contributed by atoms with van der Waals surface area (Å²) in [7, 11) is 1.86. The van der Waals surface area contributed by atoms with Crippen molar-refractivity contribution in [1.82, 2.24) is 15.0 Å². The second kappa shape index (κ2) is 6.55. The van der Waals surface area contributed by atoms with Crippen LogP contribution in [0.3, 0.4) is 0 Å². The van der Waals surface area contributed by atoms with E-state index in [1.54, 1.807) is 6.07 Å². The Morgan fingerprint density at radius 2 is 2.09 bits per heavy atom. The minimum atomic E-state index is -0.847. The smallest absolute Gasteiger partial charge is 0.241 e. The molecule has 0 aliphatic heterocycles. The van der Waals surface area contributed by atoms with Gasteiger partial charge in [-0.05, 0) is 43.1 Å². The fourth-order valence-electron chi connectivity index (χ4n) is 2.20. The zero-order valence-electron chi connectivity index (χ0n) is 12.7. The van der Waals surface area contributed by atoms with Crippen LogP contribution in [0.1, 0.15) is 24.4 Å². The minimum Gasteiger partial charge on any atom is -0.338 e. The molecule has 0 saturated carbocycles. The molecular weight excluding hydrogens is 320 g/mol. The highest BCUT2D eigenvalue weighted by Gasteiger charge is 2.17. The highest BCUT2D eigenvalue weighted by Crippen LogP contribution is 2.24. The van der Waals surface area contributed by atoms with Gasteiger partial charge in [-0.1, -0.05) is 17.3 Å². The summed E-state index contributed by atoms with van der Waals surface area (Å²) in [5.74, 6) is -0.657. The number of halogens is 2. The van der Waals surface area contributed by atoms with E-state index < -0.39 is 11.6 Å². The maximum atomic E-state index is 13.4. The van der Waals surface area contributed by atoms with Crippen LogP contribution < -0.4 is 0 Å². The fraction of sp³-hybridized carbons (Fsp3) is 0.250. The Morgan fingerprint density at radius 3 is 2.78 bits per heavy atom. The van der Waals surface area contributed by atoms with Crippen molar-refractivity contribution in [2.75, 3.05) is 7.05 Å². The lowest BCUT2D eigenvalue weighted by molar-refractivity contribution is 0.216. The van der Waals surface area contributed by atoms with Gasteiger partial charge in [0.25, 0.3) is 0 Å². The first-order chi connectivity index (χ1) is 11.0. The van der Waals surface area contributed by atoms with Crippen molar-refractivity contribution >= 4 is 11.3 Å². The average molecular weight is 335 g/mol. The lowest BCUT2D eigenvalue weighted by atomic mass is 10.1. The van der Waals surface area contributed by atoms with E-state index in [1.165, 1.54) is 17.4 Å². The highest BCUT2D eigenvalue weighted by atomic mass is 32.1. The molecule has 3 aromatic rings. The number of hydrogen-bond donors (Lipinski definition) is 0. The molecule has 4 nitrogen and oxygen atoms in total. The number of aromatic nitrogens is 2. The van der Waals surface area contributed by atoms with Crippen LogP contribution in [0.2, 0.25) is 0 Å². The van der Waals surface area contributed by atoms with E-state index >= 15 is 0 Å². The molecule has 0 N–H and O–H groups in total. The van der Waals surface area contributed by atoms with Crippen molar-refractivity contribution in [2.45, 2.75) is 19.5 Å². The second-order valence-electron chi connectivity index (χ2n) is 5.25. The molecule has 0 aliphatic rings. The third-order valence-corrected chi connectivity index (χ3v) is 4.55. The van der Waals surface area contributed by atoms with Crippen molar-refractivity contribution in [2.24, 2.45) is 0 Å². The van der Waals surface area contributed by atoms with E-state index in [-0.39, 0.29) is 6.04 Å². The van der Waals surface area contributed by atoms with Crippen LogP contribution in [0.25, 0.3) is 10.7 Å². The molecule has 0 radical (unpaired) electrons. The van der Waals surface area contributed by atoms with Gasteiger partial charge >= 0.3 is 0 Å². The summed E-state index contributed by atoms with van der Waals surface area (Å²) in [6, 6.07) is 7.64. The number of nitrogens with zero attached hydrogens (tertiary/aromatic N) is 3. The first-order valence-corrected chi connectivity index (χ1v) is 7.94. The summed E-state index contributed by atoms with van der Waals surface area (Å²) in [5.41, 5.74) is 0.685. The van der Waals surface area contributed by atoms with Gasteiger partial charge in [0, 0.05) is 6.04 Å². The third kappa shape index (κ3) is 3.46. The Balaban J connectivity index is 1.71. The first-order valence-electron chi connectivity index (χ1n) is 7.06. The van der Waals surface area contributed by atoms with Crippen LogP contribution in [0.15, 0.2) is 40.2 Å². The Kier molecular flexibility index (Phi) is 4.49. The van der Waals surface area contributed by atoms with Crippen LogP contribution in [0.5, 0.6) is 0 Å². The van der Waals surface area contributed by atoms with Gasteiger partial charge in [-0.25, -0.2) is 8.78 Å². The average Bonchev–Trinajstić information content (AvgIpc) is 3.20. The largest absolute Gasteiger partial charge is 0.338 e. The second-order valence-corrected chi connectivity index (χ2v) is 6.20. The molecule has 0 fully saturated rings. The predicted molar refractivity (Wildman–Crippen MR) is 83.9 cm³/mol. The van der Waals surface area contributed by atoms with E-state index in [0.717, 1.165) is 10.9 Å². The van der Waals surface area contributed by atoms with Crippen molar-refractivity contribution in [3.05, 3.63) is 58.8 Å². The van der Waals surface area contributed by atoms with Crippen LogP contribution in [0.4, 0.5) is 8.78 Å². The van der Waals surface area contributed by atoms with Gasteiger partial charge in [0.05, 0.1) is 11.4 Å². The van der Waals surface area contributed by atoms with E-state index in [9.17, 15) is 8.78 Å². The Bertz CT molecular complexity index is 788. The quantitative estimate of drug-likeness (QED) is 0.698. The van der Waals surface area contributed by atoms with Crippen LogP contribution in [0, 0.1) is 11.6 Å². The summed E-state index contributed by atoms with van der Waals surface area (Å²) >= 11 is 1.54. The SMILES string of the molecule is C[C@H](c1ccc(F)c(F)c1)N(C)Cc1nc(-c2cccs2)no1. The number of hydrogen-bond acceptors (Lipinski definition) is 5. The van der Waals surface area contributed by atoms with Crippen molar-refractivity contribution in [3.8, 4) is 10.7 Å². The summed E-state index contributed by atoms with van der Waals surface area (Å²) in [6.07, 6.45) is 0. The molecule has 0 bridgehead atoms. The lowest BCUT2D eigenvalue weighted by Gasteiger charge is -2.23. The molecule has 7 heteroatoms. The molecule has 2 heterocycles. The standard InChI is InChI=1S/C16H15F2N3OS/c1-10(11-5-6-12(17)13(18)8-11)21(2)9-15-19-16(20-22-15)14-4-3-7-23-14/h3-8,10H,9H2,1-2H3/t10-/m1/s1. The summed E-state index contributed by atoms with van der Waals surface area (Å²) in [4.78, 5) is 7.23. The number of benzene rings is 1. The molecule has 1 aromatic carbocycles.